The molecule has 0 saturated carbocycles. The molecule has 0 saturated heterocycles. The lowest BCUT2D eigenvalue weighted by molar-refractivity contribution is 0.617. The molecule has 0 spiro atoms. The van der Waals surface area contributed by atoms with Gasteiger partial charge in [-0.2, -0.15) is 0 Å². The van der Waals surface area contributed by atoms with Crippen molar-refractivity contribution in [1.82, 2.24) is 0 Å². The SMILES string of the molecule is CCc1cc(F)c(I)cc1Br. The highest BCUT2D eigenvalue weighted by atomic mass is 127. The van der Waals surface area contributed by atoms with Crippen molar-refractivity contribution in [2.24, 2.45) is 0 Å². The van der Waals surface area contributed by atoms with Gasteiger partial charge in [0.1, 0.15) is 5.82 Å². The maximum absolute atomic E-state index is 12.9. The Morgan fingerprint density at radius 2 is 2.18 bits per heavy atom. The van der Waals surface area contributed by atoms with Gasteiger partial charge in [-0.1, -0.05) is 22.9 Å². The van der Waals surface area contributed by atoms with Gasteiger partial charge in [-0.05, 0) is 46.7 Å². The quantitative estimate of drug-likeness (QED) is 0.544. The Hall–Kier alpha value is 0.360. The summed E-state index contributed by atoms with van der Waals surface area (Å²) < 4.78 is 14.6. The average Bonchev–Trinajstić information content (AvgIpc) is 1.97. The molecular weight excluding hydrogens is 322 g/mol. The van der Waals surface area contributed by atoms with Crippen LogP contribution in [0.15, 0.2) is 16.6 Å². The highest BCUT2D eigenvalue weighted by Crippen LogP contribution is 2.22. The van der Waals surface area contributed by atoms with Gasteiger partial charge in [0.2, 0.25) is 0 Å². The van der Waals surface area contributed by atoms with E-state index in [0.29, 0.717) is 3.57 Å². The summed E-state index contributed by atoms with van der Waals surface area (Å²) in [6.07, 6.45) is 0.856. The first-order valence-electron chi connectivity index (χ1n) is 3.28. The molecule has 3 heteroatoms. The average molecular weight is 329 g/mol. The largest absolute Gasteiger partial charge is 0.206 e. The molecule has 0 radical (unpaired) electrons. The van der Waals surface area contributed by atoms with Crippen LogP contribution in [-0.4, -0.2) is 0 Å². The minimum atomic E-state index is -0.134. The first-order valence-corrected chi connectivity index (χ1v) is 5.15. The van der Waals surface area contributed by atoms with Gasteiger partial charge in [-0.25, -0.2) is 4.39 Å². The van der Waals surface area contributed by atoms with E-state index in [1.54, 1.807) is 12.1 Å². The smallest absolute Gasteiger partial charge is 0.136 e. The van der Waals surface area contributed by atoms with Crippen LogP contribution in [0.25, 0.3) is 0 Å². The molecular formula is C8H7BrFI. The van der Waals surface area contributed by atoms with E-state index >= 15 is 0 Å². The summed E-state index contributed by atoms with van der Waals surface area (Å²) in [6.45, 7) is 2.01. The zero-order valence-electron chi connectivity index (χ0n) is 6.00. The number of aryl methyl sites for hydroxylation is 1. The van der Waals surface area contributed by atoms with Gasteiger partial charge in [-0.15, -0.1) is 0 Å². The van der Waals surface area contributed by atoms with E-state index in [4.69, 9.17) is 0 Å². The highest BCUT2D eigenvalue weighted by Gasteiger charge is 2.03. The molecule has 1 aromatic rings. The topological polar surface area (TPSA) is 0 Å². The normalized spacial score (nSPS) is 10.2. The Labute approximate surface area is 87.5 Å². The lowest BCUT2D eigenvalue weighted by Gasteiger charge is -2.02. The fraction of sp³-hybridized carbons (Fsp3) is 0.250. The zero-order chi connectivity index (χ0) is 8.43. The van der Waals surface area contributed by atoms with E-state index in [2.05, 4.69) is 15.9 Å². The Morgan fingerprint density at radius 3 is 2.73 bits per heavy atom. The van der Waals surface area contributed by atoms with Crippen LogP contribution in [-0.2, 0) is 6.42 Å². The van der Waals surface area contributed by atoms with Gasteiger partial charge in [0.15, 0.2) is 0 Å². The van der Waals surface area contributed by atoms with Crippen molar-refractivity contribution in [3.05, 3.63) is 31.6 Å². The zero-order valence-corrected chi connectivity index (χ0v) is 9.74. The van der Waals surface area contributed by atoms with Gasteiger partial charge in [0, 0.05) is 8.04 Å². The predicted octanol–water partition coefficient (Wildman–Crippen LogP) is 3.76. The van der Waals surface area contributed by atoms with Crippen LogP contribution in [0.4, 0.5) is 4.39 Å². The Kier molecular flexibility index (Phi) is 3.30. The summed E-state index contributed by atoms with van der Waals surface area (Å²) in [5, 5.41) is 0. The molecule has 0 aliphatic carbocycles. The third kappa shape index (κ3) is 2.15. The molecule has 0 aliphatic heterocycles. The van der Waals surface area contributed by atoms with Gasteiger partial charge in [0.25, 0.3) is 0 Å². The van der Waals surface area contributed by atoms with Crippen molar-refractivity contribution in [3.8, 4) is 0 Å². The summed E-state index contributed by atoms with van der Waals surface area (Å²) in [7, 11) is 0. The lowest BCUT2D eigenvalue weighted by Crippen LogP contribution is -1.88. The van der Waals surface area contributed by atoms with Crippen LogP contribution in [0.1, 0.15) is 12.5 Å². The number of halogens is 3. The molecule has 0 aliphatic rings. The lowest BCUT2D eigenvalue weighted by atomic mass is 10.2. The standard InChI is InChI=1S/C8H7BrFI/c1-2-5-3-7(10)8(11)4-6(5)9/h3-4H,2H2,1H3. The van der Waals surface area contributed by atoms with Gasteiger partial charge >= 0.3 is 0 Å². The molecule has 0 unspecified atom stereocenters. The first-order chi connectivity index (χ1) is 5.15. The van der Waals surface area contributed by atoms with E-state index in [1.165, 1.54) is 0 Å². The number of hydrogen-bond donors (Lipinski definition) is 0. The maximum Gasteiger partial charge on any atom is 0.136 e. The van der Waals surface area contributed by atoms with Gasteiger partial charge in [-0.3, -0.25) is 0 Å². The molecule has 60 valence electrons. The molecule has 0 atom stereocenters. The van der Waals surface area contributed by atoms with Crippen molar-refractivity contribution in [2.75, 3.05) is 0 Å². The molecule has 0 bridgehead atoms. The molecule has 0 heterocycles. The second kappa shape index (κ2) is 3.85. The molecule has 1 rings (SSSR count). The molecule has 0 amide bonds. The second-order valence-corrected chi connectivity index (χ2v) is 4.23. The van der Waals surface area contributed by atoms with E-state index in [0.717, 1.165) is 16.5 Å². The molecule has 0 N–H and O–H groups in total. The molecule has 1 aromatic carbocycles. The van der Waals surface area contributed by atoms with Crippen LogP contribution in [0, 0.1) is 9.39 Å². The summed E-state index contributed by atoms with van der Waals surface area (Å²) in [5.74, 6) is -0.134. The maximum atomic E-state index is 12.9. The van der Waals surface area contributed by atoms with E-state index in [1.807, 2.05) is 29.5 Å². The van der Waals surface area contributed by atoms with Crippen molar-refractivity contribution in [2.45, 2.75) is 13.3 Å². The number of hydrogen-bond acceptors (Lipinski definition) is 0. The van der Waals surface area contributed by atoms with E-state index in [9.17, 15) is 4.39 Å². The Bertz CT molecular complexity index is 273. The third-order valence-corrected chi connectivity index (χ3v) is 3.04. The molecule has 0 nitrogen and oxygen atoms in total. The minimum absolute atomic E-state index is 0.134. The van der Waals surface area contributed by atoms with E-state index < -0.39 is 0 Å². The number of benzene rings is 1. The summed E-state index contributed by atoms with van der Waals surface area (Å²) in [6, 6.07) is 3.38. The predicted molar refractivity (Wildman–Crippen MR) is 56.2 cm³/mol. The van der Waals surface area contributed by atoms with Crippen molar-refractivity contribution in [1.29, 1.82) is 0 Å². The van der Waals surface area contributed by atoms with Crippen LogP contribution >= 0.6 is 38.5 Å². The summed E-state index contributed by atoms with van der Waals surface area (Å²) >= 11 is 5.35. The Morgan fingerprint density at radius 1 is 1.55 bits per heavy atom. The van der Waals surface area contributed by atoms with Crippen LogP contribution in [0.3, 0.4) is 0 Å². The molecule has 0 aromatic heterocycles. The Balaban J connectivity index is 3.21. The van der Waals surface area contributed by atoms with Crippen molar-refractivity contribution in [3.63, 3.8) is 0 Å². The van der Waals surface area contributed by atoms with Gasteiger partial charge in [0.05, 0.1) is 0 Å². The molecule has 11 heavy (non-hydrogen) atoms. The van der Waals surface area contributed by atoms with Crippen molar-refractivity contribution < 1.29 is 4.39 Å². The fourth-order valence-electron chi connectivity index (χ4n) is 0.835. The number of rotatable bonds is 1. The fourth-order valence-corrected chi connectivity index (χ4v) is 2.35. The highest BCUT2D eigenvalue weighted by molar-refractivity contribution is 14.1. The minimum Gasteiger partial charge on any atom is -0.206 e. The third-order valence-electron chi connectivity index (χ3n) is 1.47. The van der Waals surface area contributed by atoms with Gasteiger partial charge < -0.3 is 0 Å². The van der Waals surface area contributed by atoms with E-state index in [-0.39, 0.29) is 5.82 Å². The summed E-state index contributed by atoms with van der Waals surface area (Å²) in [4.78, 5) is 0. The first kappa shape index (κ1) is 9.45. The summed E-state index contributed by atoms with van der Waals surface area (Å²) in [5.41, 5.74) is 1.02. The monoisotopic (exact) mass is 328 g/mol. The van der Waals surface area contributed by atoms with Crippen molar-refractivity contribution >= 4 is 38.5 Å². The van der Waals surface area contributed by atoms with Crippen LogP contribution in [0.5, 0.6) is 0 Å². The molecule has 0 fully saturated rings. The van der Waals surface area contributed by atoms with Crippen LogP contribution < -0.4 is 0 Å². The second-order valence-electron chi connectivity index (χ2n) is 2.21. The van der Waals surface area contributed by atoms with Crippen LogP contribution in [0.2, 0.25) is 0 Å².